The number of halogens is 3. The van der Waals surface area contributed by atoms with E-state index in [9.17, 15) is 13.2 Å². The van der Waals surface area contributed by atoms with Crippen LogP contribution in [-0.4, -0.2) is 18.4 Å². The molecule has 0 saturated heterocycles. The molecule has 2 nitrogen and oxygen atoms in total. The predicted molar refractivity (Wildman–Crippen MR) is 50.2 cm³/mol. The smallest absolute Gasteiger partial charge is 0.381 e. The van der Waals surface area contributed by atoms with Crippen LogP contribution in [0.15, 0.2) is 24.3 Å². The summed E-state index contributed by atoms with van der Waals surface area (Å²) in [5.74, 6) is 0. The Bertz CT molecular complexity index is 312. The van der Waals surface area contributed by atoms with Gasteiger partial charge in [0, 0.05) is 6.54 Å². The molecule has 5 heteroatoms. The van der Waals surface area contributed by atoms with E-state index in [0.29, 0.717) is 6.54 Å². The van der Waals surface area contributed by atoms with Crippen LogP contribution in [-0.2, 0) is 12.6 Å². The topological polar surface area (TPSA) is 32.3 Å². The molecular formula is C10H12F3NO. The van der Waals surface area contributed by atoms with Gasteiger partial charge in [-0.05, 0) is 18.1 Å². The van der Waals surface area contributed by atoms with E-state index in [1.165, 1.54) is 12.1 Å². The summed E-state index contributed by atoms with van der Waals surface area (Å²) in [6.45, 7) is 0.0950. The molecule has 0 atom stereocenters. The molecule has 0 radical (unpaired) electrons. The molecule has 0 aromatic heterocycles. The third-order valence-corrected chi connectivity index (χ3v) is 2.01. The molecule has 0 aliphatic carbocycles. The third-order valence-electron chi connectivity index (χ3n) is 2.01. The number of alkyl halides is 3. The molecule has 0 aliphatic rings. The van der Waals surface area contributed by atoms with Crippen molar-refractivity contribution in [2.45, 2.75) is 12.6 Å². The molecule has 0 fully saturated rings. The first-order chi connectivity index (χ1) is 7.05. The van der Waals surface area contributed by atoms with Crippen LogP contribution in [0, 0.1) is 0 Å². The van der Waals surface area contributed by atoms with Gasteiger partial charge >= 0.3 is 6.18 Å². The number of hydrogen-bond donors (Lipinski definition) is 2. The van der Waals surface area contributed by atoms with Crippen molar-refractivity contribution in [1.29, 1.82) is 0 Å². The highest BCUT2D eigenvalue weighted by molar-refractivity contribution is 5.29. The summed E-state index contributed by atoms with van der Waals surface area (Å²) in [7, 11) is 0. The Morgan fingerprint density at radius 2 is 1.87 bits per heavy atom. The number of aliphatic hydroxyl groups is 1. The second-order valence-electron chi connectivity index (χ2n) is 3.06. The number of aliphatic hydroxyl groups excluding tert-OH is 1. The Morgan fingerprint density at radius 3 is 2.47 bits per heavy atom. The highest BCUT2D eigenvalue weighted by Gasteiger charge is 2.32. The zero-order valence-electron chi connectivity index (χ0n) is 8.01. The molecule has 2 N–H and O–H groups in total. The van der Waals surface area contributed by atoms with Crippen LogP contribution in [0.5, 0.6) is 0 Å². The second-order valence-corrected chi connectivity index (χ2v) is 3.06. The van der Waals surface area contributed by atoms with Crippen LogP contribution in [0.3, 0.4) is 0 Å². The van der Waals surface area contributed by atoms with Gasteiger partial charge < -0.3 is 5.11 Å². The largest absolute Gasteiger partial charge is 0.416 e. The maximum atomic E-state index is 12.5. The van der Waals surface area contributed by atoms with Crippen LogP contribution in [0.4, 0.5) is 13.2 Å². The van der Waals surface area contributed by atoms with Crippen LogP contribution >= 0.6 is 0 Å². The van der Waals surface area contributed by atoms with E-state index in [4.69, 9.17) is 5.11 Å². The highest BCUT2D eigenvalue weighted by atomic mass is 19.4. The summed E-state index contributed by atoms with van der Waals surface area (Å²) in [6, 6.07) is 5.45. The summed E-state index contributed by atoms with van der Waals surface area (Å²) in [6.07, 6.45) is -4.06. The maximum absolute atomic E-state index is 12.5. The molecule has 0 spiro atoms. The summed E-state index contributed by atoms with van der Waals surface area (Å²) in [5.41, 5.74) is -0.365. The van der Waals surface area contributed by atoms with E-state index < -0.39 is 11.7 Å². The van der Waals surface area contributed by atoms with Gasteiger partial charge in [-0.2, -0.15) is 13.2 Å². The molecule has 1 aromatic carbocycles. The summed E-state index contributed by atoms with van der Waals surface area (Å²) in [4.78, 5) is 0. The van der Waals surface area contributed by atoms with Crippen LogP contribution < -0.4 is 5.32 Å². The first-order valence-electron chi connectivity index (χ1n) is 4.52. The molecule has 0 amide bonds. The SMILES string of the molecule is OCNCCc1ccccc1C(F)(F)F. The Balaban J connectivity index is 2.78. The Kier molecular flexibility index (Phi) is 4.11. The monoisotopic (exact) mass is 219 g/mol. The van der Waals surface area contributed by atoms with Crippen molar-refractivity contribution in [3.05, 3.63) is 35.4 Å². The van der Waals surface area contributed by atoms with Crippen molar-refractivity contribution < 1.29 is 18.3 Å². The van der Waals surface area contributed by atoms with Gasteiger partial charge in [-0.1, -0.05) is 18.2 Å². The first-order valence-corrected chi connectivity index (χ1v) is 4.52. The van der Waals surface area contributed by atoms with Gasteiger partial charge in [0.2, 0.25) is 0 Å². The van der Waals surface area contributed by atoms with Gasteiger partial charge in [0.15, 0.2) is 0 Å². The molecule has 0 bridgehead atoms. The van der Waals surface area contributed by atoms with Gasteiger partial charge in [0.1, 0.15) is 0 Å². The van der Waals surface area contributed by atoms with Crippen molar-refractivity contribution in [2.75, 3.05) is 13.3 Å². The lowest BCUT2D eigenvalue weighted by Crippen LogP contribution is -2.19. The minimum atomic E-state index is -4.31. The Morgan fingerprint density at radius 1 is 1.20 bits per heavy atom. The van der Waals surface area contributed by atoms with Crippen molar-refractivity contribution >= 4 is 0 Å². The molecule has 0 aliphatic heterocycles. The van der Waals surface area contributed by atoms with Crippen LogP contribution in [0.1, 0.15) is 11.1 Å². The van der Waals surface area contributed by atoms with Gasteiger partial charge in [-0.25, -0.2) is 0 Å². The van der Waals surface area contributed by atoms with Crippen LogP contribution in [0.2, 0.25) is 0 Å². The molecule has 0 unspecified atom stereocenters. The van der Waals surface area contributed by atoms with E-state index in [1.807, 2.05) is 0 Å². The van der Waals surface area contributed by atoms with Gasteiger partial charge in [-0.15, -0.1) is 0 Å². The fourth-order valence-corrected chi connectivity index (χ4v) is 1.32. The predicted octanol–water partition coefficient (Wildman–Crippen LogP) is 1.79. The van der Waals surface area contributed by atoms with E-state index in [2.05, 4.69) is 5.32 Å². The van der Waals surface area contributed by atoms with Gasteiger partial charge in [-0.3, -0.25) is 5.32 Å². The molecule has 15 heavy (non-hydrogen) atoms. The van der Waals surface area contributed by atoms with Gasteiger partial charge in [0.25, 0.3) is 0 Å². The number of hydrogen-bond acceptors (Lipinski definition) is 2. The highest BCUT2D eigenvalue weighted by Crippen LogP contribution is 2.31. The normalized spacial score (nSPS) is 11.7. The molecular weight excluding hydrogens is 207 g/mol. The molecule has 0 heterocycles. The lowest BCUT2D eigenvalue weighted by molar-refractivity contribution is -0.138. The average Bonchev–Trinajstić information content (AvgIpc) is 2.17. The zero-order chi connectivity index (χ0) is 11.3. The van der Waals surface area contributed by atoms with Crippen molar-refractivity contribution in [1.82, 2.24) is 5.32 Å². The van der Waals surface area contributed by atoms with E-state index >= 15 is 0 Å². The van der Waals surface area contributed by atoms with E-state index in [-0.39, 0.29) is 18.7 Å². The minimum absolute atomic E-state index is 0.228. The minimum Gasteiger partial charge on any atom is -0.381 e. The fraction of sp³-hybridized carbons (Fsp3) is 0.400. The summed E-state index contributed by atoms with van der Waals surface area (Å²) >= 11 is 0. The maximum Gasteiger partial charge on any atom is 0.416 e. The van der Waals surface area contributed by atoms with Gasteiger partial charge in [0.05, 0.1) is 12.3 Å². The molecule has 84 valence electrons. The van der Waals surface area contributed by atoms with E-state index in [0.717, 1.165) is 6.07 Å². The average molecular weight is 219 g/mol. The quantitative estimate of drug-likeness (QED) is 0.597. The number of benzene rings is 1. The molecule has 1 aromatic rings. The zero-order valence-corrected chi connectivity index (χ0v) is 8.01. The third kappa shape index (κ3) is 3.53. The summed E-state index contributed by atoms with van der Waals surface area (Å²) < 4.78 is 37.5. The first kappa shape index (κ1) is 12.0. The lowest BCUT2D eigenvalue weighted by Gasteiger charge is -2.12. The Hall–Kier alpha value is -1.07. The second kappa shape index (κ2) is 5.14. The van der Waals surface area contributed by atoms with Crippen molar-refractivity contribution in [3.63, 3.8) is 0 Å². The number of rotatable bonds is 4. The van der Waals surface area contributed by atoms with Crippen LogP contribution in [0.25, 0.3) is 0 Å². The van der Waals surface area contributed by atoms with E-state index in [1.54, 1.807) is 6.07 Å². The summed E-state index contributed by atoms with van der Waals surface area (Å²) in [5, 5.41) is 11.0. The molecule has 0 saturated carbocycles. The number of nitrogens with one attached hydrogen (secondary N) is 1. The van der Waals surface area contributed by atoms with Crippen molar-refractivity contribution in [3.8, 4) is 0 Å². The standard InChI is InChI=1S/C10H12F3NO/c11-10(12,13)9-4-2-1-3-8(9)5-6-14-7-15/h1-4,14-15H,5-7H2. The lowest BCUT2D eigenvalue weighted by atomic mass is 10.0. The van der Waals surface area contributed by atoms with Crippen molar-refractivity contribution in [2.24, 2.45) is 0 Å². The fourth-order valence-electron chi connectivity index (χ4n) is 1.32. The molecule has 1 rings (SSSR count). The Labute approximate surface area is 85.7 Å².